The number of hydrogen-bond donors (Lipinski definition) is 0. The first-order valence-corrected chi connectivity index (χ1v) is 9.28. The van der Waals surface area contributed by atoms with E-state index in [0.717, 1.165) is 45.3 Å². The van der Waals surface area contributed by atoms with Crippen molar-refractivity contribution in [1.82, 2.24) is 4.90 Å². The van der Waals surface area contributed by atoms with E-state index in [1.165, 1.54) is 25.7 Å². The van der Waals surface area contributed by atoms with Gasteiger partial charge in [0, 0.05) is 0 Å². The molecule has 2 fully saturated rings. The van der Waals surface area contributed by atoms with Crippen molar-refractivity contribution in [2.75, 3.05) is 19.6 Å². The van der Waals surface area contributed by atoms with E-state index in [2.05, 4.69) is 16.7 Å². The molecule has 0 N–H and O–H groups in total. The van der Waals surface area contributed by atoms with Crippen molar-refractivity contribution >= 4 is 5.97 Å². The summed E-state index contributed by atoms with van der Waals surface area (Å²) in [5.41, 5.74) is 0.0290. The van der Waals surface area contributed by atoms with Gasteiger partial charge in [-0.1, -0.05) is 42.9 Å². The zero-order valence-corrected chi connectivity index (χ0v) is 14.4. The zero-order valence-electron chi connectivity index (χ0n) is 14.4. The first-order valence-electron chi connectivity index (χ1n) is 9.28. The van der Waals surface area contributed by atoms with E-state index in [1.54, 1.807) is 12.1 Å². The lowest BCUT2D eigenvalue weighted by molar-refractivity contribution is -0.00676. The molecule has 1 aromatic carbocycles. The molecule has 1 aromatic rings. The second-order valence-electron chi connectivity index (χ2n) is 6.95. The Labute approximate surface area is 145 Å². The summed E-state index contributed by atoms with van der Waals surface area (Å²) in [7, 11) is 0. The van der Waals surface area contributed by atoms with Crippen LogP contribution in [-0.2, 0) is 4.74 Å². The topological polar surface area (TPSA) is 29.5 Å². The number of ether oxygens (including phenoxy) is 1. The van der Waals surface area contributed by atoms with Gasteiger partial charge in [-0.05, 0) is 63.7 Å². The van der Waals surface area contributed by atoms with Crippen LogP contribution < -0.4 is 0 Å². The third kappa shape index (κ3) is 4.61. The van der Waals surface area contributed by atoms with E-state index in [9.17, 15) is 4.79 Å². The SMILES string of the molecule is O=C(OC1(C#CCN2CCCCC2)CCCCC1)c1ccccc1. The number of rotatable bonds is 3. The molecule has 1 saturated carbocycles. The zero-order chi connectivity index (χ0) is 16.7. The van der Waals surface area contributed by atoms with Gasteiger partial charge in [-0.3, -0.25) is 4.90 Å². The molecule has 2 aliphatic rings. The van der Waals surface area contributed by atoms with E-state index in [1.807, 2.05) is 18.2 Å². The van der Waals surface area contributed by atoms with Gasteiger partial charge in [-0.15, -0.1) is 0 Å². The predicted molar refractivity (Wildman–Crippen MR) is 95.7 cm³/mol. The van der Waals surface area contributed by atoms with Gasteiger partial charge in [0.1, 0.15) is 0 Å². The maximum absolute atomic E-state index is 12.5. The lowest BCUT2D eigenvalue weighted by Gasteiger charge is -2.32. The fourth-order valence-corrected chi connectivity index (χ4v) is 3.62. The minimum absolute atomic E-state index is 0.246. The normalized spacial score (nSPS) is 20.7. The fourth-order valence-electron chi connectivity index (χ4n) is 3.62. The Hall–Kier alpha value is -1.79. The Bertz CT molecular complexity index is 587. The van der Waals surface area contributed by atoms with Gasteiger partial charge in [-0.2, -0.15) is 0 Å². The van der Waals surface area contributed by atoms with Gasteiger partial charge in [0.15, 0.2) is 5.60 Å². The maximum atomic E-state index is 12.5. The highest BCUT2D eigenvalue weighted by atomic mass is 16.6. The maximum Gasteiger partial charge on any atom is 0.339 e. The Morgan fingerprint density at radius 2 is 1.67 bits per heavy atom. The molecule has 3 rings (SSSR count). The predicted octanol–water partition coefficient (Wildman–Crippen LogP) is 4.04. The van der Waals surface area contributed by atoms with Crippen LogP contribution in [0.3, 0.4) is 0 Å². The number of benzene rings is 1. The van der Waals surface area contributed by atoms with E-state index in [-0.39, 0.29) is 5.97 Å². The lowest BCUT2D eigenvalue weighted by atomic mass is 9.85. The fraction of sp³-hybridized carbons (Fsp3) is 0.571. The summed E-state index contributed by atoms with van der Waals surface area (Å²) in [6.45, 7) is 3.08. The first-order chi connectivity index (χ1) is 11.8. The molecule has 0 atom stereocenters. The van der Waals surface area contributed by atoms with Crippen molar-refractivity contribution in [3.05, 3.63) is 35.9 Å². The summed E-state index contributed by atoms with van der Waals surface area (Å²) < 4.78 is 5.92. The van der Waals surface area contributed by atoms with E-state index < -0.39 is 5.60 Å². The average Bonchev–Trinajstić information content (AvgIpc) is 2.64. The molecule has 3 nitrogen and oxygen atoms in total. The molecule has 1 saturated heterocycles. The van der Waals surface area contributed by atoms with Crippen molar-refractivity contribution < 1.29 is 9.53 Å². The molecule has 0 spiro atoms. The van der Waals surface area contributed by atoms with E-state index in [4.69, 9.17) is 4.74 Å². The molecule has 24 heavy (non-hydrogen) atoms. The molecular weight excluding hydrogens is 298 g/mol. The lowest BCUT2D eigenvalue weighted by Crippen LogP contribution is -2.36. The van der Waals surface area contributed by atoms with Crippen LogP contribution in [0.1, 0.15) is 61.7 Å². The molecule has 0 amide bonds. The Morgan fingerprint density at radius 1 is 1.00 bits per heavy atom. The highest BCUT2D eigenvalue weighted by Crippen LogP contribution is 2.32. The summed E-state index contributed by atoms with van der Waals surface area (Å²) in [5, 5.41) is 0. The van der Waals surface area contributed by atoms with Gasteiger partial charge < -0.3 is 4.74 Å². The molecule has 0 radical (unpaired) electrons. The van der Waals surface area contributed by atoms with Gasteiger partial charge in [0.2, 0.25) is 0 Å². The van der Waals surface area contributed by atoms with Crippen LogP contribution in [0, 0.1) is 11.8 Å². The number of nitrogens with zero attached hydrogens (tertiary/aromatic N) is 1. The van der Waals surface area contributed by atoms with Crippen molar-refractivity contribution in [2.24, 2.45) is 0 Å². The standard InChI is InChI=1S/C21H27NO2/c23-20(19-11-4-1-5-12-19)24-21(13-6-2-7-14-21)15-10-18-22-16-8-3-9-17-22/h1,4-5,11-12H,2-3,6-9,13-14,16-18H2. The van der Waals surface area contributed by atoms with Gasteiger partial charge in [-0.25, -0.2) is 4.79 Å². The Morgan fingerprint density at radius 3 is 2.38 bits per heavy atom. The van der Waals surface area contributed by atoms with Gasteiger partial charge >= 0.3 is 5.97 Å². The summed E-state index contributed by atoms with van der Waals surface area (Å²) in [5.74, 6) is 6.42. The molecule has 0 aromatic heterocycles. The summed E-state index contributed by atoms with van der Waals surface area (Å²) in [6, 6.07) is 9.25. The monoisotopic (exact) mass is 325 g/mol. The number of carbonyl (C=O) groups is 1. The minimum Gasteiger partial charge on any atom is -0.442 e. The van der Waals surface area contributed by atoms with Crippen LogP contribution in [0.5, 0.6) is 0 Å². The second-order valence-corrected chi connectivity index (χ2v) is 6.95. The van der Waals surface area contributed by atoms with Crippen LogP contribution in [0.25, 0.3) is 0 Å². The van der Waals surface area contributed by atoms with Crippen LogP contribution in [0.15, 0.2) is 30.3 Å². The van der Waals surface area contributed by atoms with Crippen molar-refractivity contribution in [1.29, 1.82) is 0 Å². The van der Waals surface area contributed by atoms with Gasteiger partial charge in [0.25, 0.3) is 0 Å². The molecule has 128 valence electrons. The van der Waals surface area contributed by atoms with Gasteiger partial charge in [0.05, 0.1) is 12.1 Å². The number of carbonyl (C=O) groups excluding carboxylic acids is 1. The molecule has 1 aliphatic carbocycles. The Kier molecular flexibility index (Phi) is 5.93. The van der Waals surface area contributed by atoms with E-state index >= 15 is 0 Å². The highest BCUT2D eigenvalue weighted by Gasteiger charge is 2.34. The van der Waals surface area contributed by atoms with Crippen molar-refractivity contribution in [3.63, 3.8) is 0 Å². The smallest absolute Gasteiger partial charge is 0.339 e. The van der Waals surface area contributed by atoms with Crippen LogP contribution in [0.2, 0.25) is 0 Å². The third-order valence-electron chi connectivity index (χ3n) is 5.03. The molecule has 1 heterocycles. The average molecular weight is 325 g/mol. The number of likely N-dealkylation sites (tertiary alicyclic amines) is 1. The number of esters is 1. The quantitative estimate of drug-likeness (QED) is 0.620. The van der Waals surface area contributed by atoms with Crippen LogP contribution >= 0.6 is 0 Å². The van der Waals surface area contributed by atoms with E-state index in [0.29, 0.717) is 5.56 Å². The van der Waals surface area contributed by atoms with Crippen LogP contribution in [0.4, 0.5) is 0 Å². The first kappa shape index (κ1) is 17.0. The Balaban J connectivity index is 1.67. The molecule has 0 bridgehead atoms. The number of piperidine rings is 1. The number of hydrogen-bond acceptors (Lipinski definition) is 3. The summed E-state index contributed by atoms with van der Waals surface area (Å²) in [4.78, 5) is 14.9. The molecule has 1 aliphatic heterocycles. The summed E-state index contributed by atoms with van der Waals surface area (Å²) in [6.07, 6.45) is 8.98. The van der Waals surface area contributed by atoms with Crippen molar-refractivity contribution in [2.45, 2.75) is 57.0 Å². The molecular formula is C21H27NO2. The largest absolute Gasteiger partial charge is 0.442 e. The molecule has 3 heteroatoms. The second kappa shape index (κ2) is 8.35. The summed E-state index contributed by atoms with van der Waals surface area (Å²) >= 11 is 0. The van der Waals surface area contributed by atoms with Crippen LogP contribution in [-0.4, -0.2) is 36.1 Å². The minimum atomic E-state index is -0.582. The van der Waals surface area contributed by atoms with Crippen molar-refractivity contribution in [3.8, 4) is 11.8 Å². The third-order valence-corrected chi connectivity index (χ3v) is 5.03. The molecule has 0 unspecified atom stereocenters. The highest BCUT2D eigenvalue weighted by molar-refractivity contribution is 5.89.